The second-order valence-corrected chi connectivity index (χ2v) is 8.11. The molecule has 0 aromatic heterocycles. The van der Waals surface area contributed by atoms with E-state index in [4.69, 9.17) is 14.2 Å². The minimum absolute atomic E-state index is 0.160. The summed E-state index contributed by atoms with van der Waals surface area (Å²) in [5, 5.41) is 0. The van der Waals surface area contributed by atoms with Crippen LogP contribution >= 0.6 is 0 Å². The zero-order valence-corrected chi connectivity index (χ0v) is 17.8. The average Bonchev–Trinajstić information content (AvgIpc) is 3.32. The van der Waals surface area contributed by atoms with E-state index in [-0.39, 0.29) is 18.5 Å². The Morgan fingerprint density at radius 1 is 0.968 bits per heavy atom. The molecule has 2 aromatic rings. The van der Waals surface area contributed by atoms with Crippen molar-refractivity contribution in [3.05, 3.63) is 65.2 Å². The van der Waals surface area contributed by atoms with Gasteiger partial charge < -0.3 is 14.2 Å². The highest BCUT2D eigenvalue weighted by Gasteiger charge is 2.21. The van der Waals surface area contributed by atoms with E-state index in [2.05, 4.69) is 4.90 Å². The summed E-state index contributed by atoms with van der Waals surface area (Å²) in [6.45, 7) is 3.87. The van der Waals surface area contributed by atoms with Gasteiger partial charge in [0, 0.05) is 19.6 Å². The van der Waals surface area contributed by atoms with Gasteiger partial charge in [0.15, 0.2) is 6.61 Å². The van der Waals surface area contributed by atoms with Crippen molar-refractivity contribution in [1.82, 2.24) is 4.90 Å². The van der Waals surface area contributed by atoms with Crippen LogP contribution in [0.3, 0.4) is 0 Å². The molecule has 1 aliphatic heterocycles. The standard InChI is InChI=1S/C25H29NO5/c27-23(22-7-3-4-8-24(22)31-21-5-1-2-6-21)18-30-25(28)20-11-9-19(10-12-20)17-26-13-15-29-16-14-26/h3-4,7-12,21H,1-2,5-6,13-18H2. The van der Waals surface area contributed by atoms with Crippen LogP contribution in [-0.4, -0.2) is 55.7 Å². The molecular weight excluding hydrogens is 394 g/mol. The molecule has 0 radical (unpaired) electrons. The smallest absolute Gasteiger partial charge is 0.338 e. The molecule has 4 rings (SSSR count). The number of morpholine rings is 1. The predicted molar refractivity (Wildman–Crippen MR) is 116 cm³/mol. The fourth-order valence-electron chi connectivity index (χ4n) is 4.04. The lowest BCUT2D eigenvalue weighted by molar-refractivity contribution is 0.0342. The summed E-state index contributed by atoms with van der Waals surface area (Å²) in [5.41, 5.74) is 2.03. The second kappa shape index (κ2) is 10.6. The van der Waals surface area contributed by atoms with E-state index in [1.165, 1.54) is 0 Å². The van der Waals surface area contributed by atoms with E-state index in [1.54, 1.807) is 30.3 Å². The zero-order chi connectivity index (χ0) is 21.5. The molecule has 6 heteroatoms. The third kappa shape index (κ3) is 5.93. The lowest BCUT2D eigenvalue weighted by atomic mass is 10.1. The molecular formula is C25H29NO5. The summed E-state index contributed by atoms with van der Waals surface area (Å²) in [7, 11) is 0. The van der Waals surface area contributed by atoms with Crippen molar-refractivity contribution < 1.29 is 23.8 Å². The number of rotatable bonds is 8. The van der Waals surface area contributed by atoms with Gasteiger partial charge in [0.2, 0.25) is 5.78 Å². The Balaban J connectivity index is 1.30. The van der Waals surface area contributed by atoms with Gasteiger partial charge in [-0.2, -0.15) is 0 Å². The summed E-state index contributed by atoms with van der Waals surface area (Å²) in [6.07, 6.45) is 4.50. The van der Waals surface area contributed by atoms with Crippen molar-refractivity contribution >= 4 is 11.8 Å². The highest BCUT2D eigenvalue weighted by Crippen LogP contribution is 2.27. The quantitative estimate of drug-likeness (QED) is 0.474. The number of carbonyl (C=O) groups is 2. The molecule has 1 saturated carbocycles. The zero-order valence-electron chi connectivity index (χ0n) is 17.8. The summed E-state index contributed by atoms with van der Waals surface area (Å²) < 4.78 is 16.7. The molecule has 2 fully saturated rings. The topological polar surface area (TPSA) is 65.1 Å². The van der Waals surface area contributed by atoms with Gasteiger partial charge in [-0.15, -0.1) is 0 Å². The summed E-state index contributed by atoms with van der Waals surface area (Å²) in [6, 6.07) is 14.5. The van der Waals surface area contributed by atoms with Crippen LogP contribution in [0.5, 0.6) is 5.75 Å². The van der Waals surface area contributed by atoms with Gasteiger partial charge in [0.05, 0.1) is 30.4 Å². The molecule has 1 aliphatic carbocycles. The molecule has 164 valence electrons. The van der Waals surface area contributed by atoms with Crippen molar-refractivity contribution in [1.29, 1.82) is 0 Å². The van der Waals surface area contributed by atoms with Crippen molar-refractivity contribution in [3.8, 4) is 5.75 Å². The Bertz CT molecular complexity index is 883. The molecule has 1 heterocycles. The lowest BCUT2D eigenvalue weighted by Crippen LogP contribution is -2.35. The maximum atomic E-state index is 12.7. The van der Waals surface area contributed by atoms with Crippen LogP contribution in [0.4, 0.5) is 0 Å². The Hall–Kier alpha value is -2.70. The molecule has 0 spiro atoms. The van der Waals surface area contributed by atoms with Gasteiger partial charge in [-0.1, -0.05) is 24.3 Å². The molecule has 0 amide bonds. The van der Waals surface area contributed by atoms with E-state index in [9.17, 15) is 9.59 Å². The maximum absolute atomic E-state index is 12.7. The molecule has 0 atom stereocenters. The number of carbonyl (C=O) groups excluding carboxylic acids is 2. The number of esters is 1. The highest BCUT2D eigenvalue weighted by atomic mass is 16.5. The normalized spacial score (nSPS) is 17.4. The van der Waals surface area contributed by atoms with Crippen LogP contribution in [0.1, 0.15) is 52.0 Å². The molecule has 0 N–H and O–H groups in total. The summed E-state index contributed by atoms with van der Waals surface area (Å²) in [5.74, 6) is -0.186. The first-order valence-corrected chi connectivity index (χ1v) is 11.0. The molecule has 0 unspecified atom stereocenters. The number of Topliss-reactive ketones (excluding diaryl/α,β-unsaturated/α-hetero) is 1. The number of benzene rings is 2. The number of hydrogen-bond donors (Lipinski definition) is 0. The minimum atomic E-state index is -0.500. The second-order valence-electron chi connectivity index (χ2n) is 8.11. The summed E-state index contributed by atoms with van der Waals surface area (Å²) in [4.78, 5) is 27.4. The van der Waals surface area contributed by atoms with Crippen LogP contribution in [-0.2, 0) is 16.0 Å². The number of ketones is 1. The van der Waals surface area contributed by atoms with Crippen LogP contribution in [0, 0.1) is 0 Å². The first kappa shape index (κ1) is 21.5. The van der Waals surface area contributed by atoms with Crippen molar-refractivity contribution in [2.45, 2.75) is 38.3 Å². The van der Waals surface area contributed by atoms with Crippen LogP contribution in [0.2, 0.25) is 0 Å². The van der Waals surface area contributed by atoms with Crippen molar-refractivity contribution in [2.75, 3.05) is 32.9 Å². The van der Waals surface area contributed by atoms with Crippen LogP contribution in [0.25, 0.3) is 0 Å². The Morgan fingerprint density at radius 3 is 2.42 bits per heavy atom. The monoisotopic (exact) mass is 423 g/mol. The minimum Gasteiger partial charge on any atom is -0.490 e. The molecule has 0 bridgehead atoms. The third-order valence-electron chi connectivity index (χ3n) is 5.82. The Morgan fingerprint density at radius 2 is 1.68 bits per heavy atom. The highest BCUT2D eigenvalue weighted by molar-refractivity contribution is 6.01. The first-order valence-electron chi connectivity index (χ1n) is 11.0. The van der Waals surface area contributed by atoms with Crippen LogP contribution < -0.4 is 4.74 Å². The van der Waals surface area contributed by atoms with E-state index in [0.29, 0.717) is 16.9 Å². The van der Waals surface area contributed by atoms with E-state index in [1.807, 2.05) is 18.2 Å². The van der Waals surface area contributed by atoms with Crippen LogP contribution in [0.15, 0.2) is 48.5 Å². The van der Waals surface area contributed by atoms with Gasteiger partial charge in [-0.25, -0.2) is 4.79 Å². The molecule has 6 nitrogen and oxygen atoms in total. The Kier molecular flexibility index (Phi) is 7.33. The SMILES string of the molecule is O=C(OCC(=O)c1ccccc1OC1CCCC1)c1ccc(CN2CCOCC2)cc1. The van der Waals surface area contributed by atoms with Gasteiger partial charge in [-0.3, -0.25) is 9.69 Å². The van der Waals surface area contributed by atoms with Crippen molar-refractivity contribution in [3.63, 3.8) is 0 Å². The number of nitrogens with zero attached hydrogens (tertiary/aromatic N) is 1. The lowest BCUT2D eigenvalue weighted by Gasteiger charge is -2.26. The van der Waals surface area contributed by atoms with E-state index >= 15 is 0 Å². The molecule has 1 saturated heterocycles. The largest absolute Gasteiger partial charge is 0.490 e. The van der Waals surface area contributed by atoms with Crippen molar-refractivity contribution in [2.24, 2.45) is 0 Å². The first-order chi connectivity index (χ1) is 15.2. The van der Waals surface area contributed by atoms with E-state index in [0.717, 1.165) is 64.1 Å². The molecule has 31 heavy (non-hydrogen) atoms. The fraction of sp³-hybridized carbons (Fsp3) is 0.440. The molecule has 2 aromatic carbocycles. The van der Waals surface area contributed by atoms with Gasteiger partial charge >= 0.3 is 5.97 Å². The maximum Gasteiger partial charge on any atom is 0.338 e. The number of ether oxygens (including phenoxy) is 3. The third-order valence-corrected chi connectivity index (χ3v) is 5.82. The Labute approximate surface area is 183 Å². The fourth-order valence-corrected chi connectivity index (χ4v) is 4.04. The van der Waals surface area contributed by atoms with Gasteiger partial charge in [0.1, 0.15) is 5.75 Å². The summed E-state index contributed by atoms with van der Waals surface area (Å²) >= 11 is 0. The number of para-hydroxylation sites is 1. The van der Waals surface area contributed by atoms with E-state index < -0.39 is 5.97 Å². The molecule has 2 aliphatic rings. The predicted octanol–water partition coefficient (Wildman–Crippen LogP) is 3.88. The van der Waals surface area contributed by atoms with Gasteiger partial charge in [0.25, 0.3) is 0 Å². The van der Waals surface area contributed by atoms with Gasteiger partial charge in [-0.05, 0) is 55.5 Å². The average molecular weight is 424 g/mol. The number of hydrogen-bond acceptors (Lipinski definition) is 6.